The van der Waals surface area contributed by atoms with Gasteiger partial charge in [-0.05, 0) is 24.5 Å². The molecule has 0 unspecified atom stereocenters. The lowest BCUT2D eigenvalue weighted by Gasteiger charge is -2.12. The Kier molecular flexibility index (Phi) is 4.28. The normalized spacial score (nSPS) is 11.5. The van der Waals surface area contributed by atoms with E-state index in [2.05, 4.69) is 4.72 Å². The Morgan fingerprint density at radius 1 is 1.29 bits per heavy atom. The Labute approximate surface area is 102 Å². The summed E-state index contributed by atoms with van der Waals surface area (Å²) in [6.45, 7) is 5.41. The van der Waals surface area contributed by atoms with E-state index in [9.17, 15) is 13.2 Å². The first-order valence-corrected chi connectivity index (χ1v) is 7.16. The number of hydrogen-bond donors (Lipinski definition) is 1. The minimum Gasteiger partial charge on any atom is -0.268 e. The van der Waals surface area contributed by atoms with E-state index in [1.54, 1.807) is 12.1 Å². The van der Waals surface area contributed by atoms with Crippen LogP contribution in [0.25, 0.3) is 0 Å². The van der Waals surface area contributed by atoms with Crippen LogP contribution in [0.15, 0.2) is 24.3 Å². The van der Waals surface area contributed by atoms with Gasteiger partial charge >= 0.3 is 0 Å². The number of hydrogen-bond acceptors (Lipinski definition) is 3. The van der Waals surface area contributed by atoms with Crippen LogP contribution in [0.3, 0.4) is 0 Å². The number of carbonyl (C=O) groups is 1. The van der Waals surface area contributed by atoms with E-state index in [1.807, 2.05) is 26.0 Å². The van der Waals surface area contributed by atoms with E-state index in [-0.39, 0.29) is 11.7 Å². The summed E-state index contributed by atoms with van der Waals surface area (Å²) in [6, 6.07) is 7.02. The summed E-state index contributed by atoms with van der Waals surface area (Å²) < 4.78 is 24.7. The maximum atomic E-state index is 11.9. The first-order chi connectivity index (χ1) is 7.87. The maximum absolute atomic E-state index is 11.9. The van der Waals surface area contributed by atoms with Crippen molar-refractivity contribution in [1.82, 2.24) is 4.72 Å². The molecule has 1 amide bonds. The third-order valence-corrected chi connectivity index (χ3v) is 3.71. The van der Waals surface area contributed by atoms with Gasteiger partial charge in [-0.1, -0.05) is 32.0 Å². The van der Waals surface area contributed by atoms with Crippen LogP contribution in [-0.4, -0.2) is 20.1 Å². The molecule has 4 nitrogen and oxygen atoms in total. The molecule has 5 heteroatoms. The molecule has 0 aliphatic heterocycles. The third-order valence-electron chi connectivity index (χ3n) is 2.46. The fraction of sp³-hybridized carbons (Fsp3) is 0.417. The maximum Gasteiger partial charge on any atom is 0.265 e. The Bertz CT molecular complexity index is 506. The molecule has 0 bridgehead atoms. The molecule has 0 spiro atoms. The van der Waals surface area contributed by atoms with Crippen molar-refractivity contribution in [2.75, 3.05) is 5.75 Å². The molecular formula is C12H17NO3S. The van der Waals surface area contributed by atoms with Crippen molar-refractivity contribution in [1.29, 1.82) is 0 Å². The van der Waals surface area contributed by atoms with Gasteiger partial charge in [0, 0.05) is 5.56 Å². The molecule has 1 N–H and O–H groups in total. The Morgan fingerprint density at radius 2 is 1.88 bits per heavy atom. The van der Waals surface area contributed by atoms with Gasteiger partial charge in [-0.15, -0.1) is 0 Å². The molecule has 0 saturated heterocycles. The fourth-order valence-electron chi connectivity index (χ4n) is 1.48. The smallest absolute Gasteiger partial charge is 0.265 e. The molecule has 0 heterocycles. The lowest BCUT2D eigenvalue weighted by Crippen LogP contribution is -2.32. The second-order valence-corrected chi connectivity index (χ2v) is 6.09. The first kappa shape index (κ1) is 13.7. The van der Waals surface area contributed by atoms with Gasteiger partial charge in [-0.2, -0.15) is 0 Å². The summed E-state index contributed by atoms with van der Waals surface area (Å²) in [7, 11) is -3.51. The van der Waals surface area contributed by atoms with Gasteiger partial charge in [-0.3, -0.25) is 4.79 Å². The van der Waals surface area contributed by atoms with E-state index in [4.69, 9.17) is 0 Å². The Balaban J connectivity index is 3.05. The van der Waals surface area contributed by atoms with Crippen LogP contribution in [0.2, 0.25) is 0 Å². The van der Waals surface area contributed by atoms with Crippen molar-refractivity contribution in [3.63, 3.8) is 0 Å². The highest BCUT2D eigenvalue weighted by molar-refractivity contribution is 7.90. The van der Waals surface area contributed by atoms with Gasteiger partial charge in [0.2, 0.25) is 10.0 Å². The van der Waals surface area contributed by atoms with Crippen molar-refractivity contribution in [2.24, 2.45) is 0 Å². The predicted molar refractivity (Wildman–Crippen MR) is 67.5 cm³/mol. The average Bonchev–Trinajstić information content (AvgIpc) is 2.28. The number of nitrogens with one attached hydrogen (secondary N) is 1. The van der Waals surface area contributed by atoms with Crippen LogP contribution in [0.5, 0.6) is 0 Å². The molecular weight excluding hydrogens is 238 g/mol. The van der Waals surface area contributed by atoms with E-state index >= 15 is 0 Å². The summed E-state index contributed by atoms with van der Waals surface area (Å²) in [5, 5.41) is 0. The van der Waals surface area contributed by atoms with Gasteiger partial charge in [0.15, 0.2) is 0 Å². The van der Waals surface area contributed by atoms with Crippen LogP contribution >= 0.6 is 0 Å². The van der Waals surface area contributed by atoms with Crippen LogP contribution in [0, 0.1) is 0 Å². The molecule has 1 aromatic rings. The molecule has 1 rings (SSSR count). The molecule has 0 saturated carbocycles. The lowest BCUT2D eigenvalue weighted by molar-refractivity contribution is 0.0980. The molecule has 0 radical (unpaired) electrons. The van der Waals surface area contributed by atoms with Crippen LogP contribution in [0.1, 0.15) is 42.6 Å². The SMILES string of the molecule is CCS(=O)(=O)NC(=O)c1ccccc1C(C)C. The highest BCUT2D eigenvalue weighted by atomic mass is 32.2. The zero-order valence-electron chi connectivity index (χ0n) is 10.2. The second-order valence-electron chi connectivity index (χ2n) is 4.08. The van der Waals surface area contributed by atoms with E-state index in [0.29, 0.717) is 5.56 Å². The summed E-state index contributed by atoms with van der Waals surface area (Å²) in [5.74, 6) is -0.500. The number of benzene rings is 1. The van der Waals surface area contributed by atoms with Crippen molar-refractivity contribution in [3.8, 4) is 0 Å². The number of sulfonamides is 1. The minimum absolute atomic E-state index is 0.109. The van der Waals surface area contributed by atoms with Crippen LogP contribution < -0.4 is 4.72 Å². The molecule has 0 atom stereocenters. The van der Waals surface area contributed by atoms with Crippen molar-refractivity contribution in [2.45, 2.75) is 26.7 Å². The van der Waals surface area contributed by atoms with Crippen molar-refractivity contribution >= 4 is 15.9 Å². The highest BCUT2D eigenvalue weighted by Crippen LogP contribution is 2.19. The second kappa shape index (κ2) is 5.31. The lowest BCUT2D eigenvalue weighted by atomic mass is 9.97. The van der Waals surface area contributed by atoms with Gasteiger partial charge in [0.1, 0.15) is 0 Å². The van der Waals surface area contributed by atoms with E-state index < -0.39 is 15.9 Å². The minimum atomic E-state index is -3.51. The first-order valence-electron chi connectivity index (χ1n) is 5.51. The molecule has 17 heavy (non-hydrogen) atoms. The zero-order valence-corrected chi connectivity index (χ0v) is 11.0. The Morgan fingerprint density at radius 3 is 2.41 bits per heavy atom. The predicted octanol–water partition coefficient (Wildman–Crippen LogP) is 1.89. The van der Waals surface area contributed by atoms with Gasteiger partial charge < -0.3 is 0 Å². The summed E-state index contributed by atoms with van der Waals surface area (Å²) in [6.07, 6.45) is 0. The number of amides is 1. The van der Waals surface area contributed by atoms with Crippen LogP contribution in [0.4, 0.5) is 0 Å². The monoisotopic (exact) mass is 255 g/mol. The summed E-state index contributed by atoms with van der Waals surface area (Å²) in [4.78, 5) is 11.9. The molecule has 1 aromatic carbocycles. The van der Waals surface area contributed by atoms with Gasteiger partial charge in [-0.25, -0.2) is 13.1 Å². The fourth-order valence-corrected chi connectivity index (χ4v) is 2.01. The Hall–Kier alpha value is -1.36. The molecule has 0 aliphatic rings. The van der Waals surface area contributed by atoms with Gasteiger partial charge in [0.05, 0.1) is 5.75 Å². The van der Waals surface area contributed by atoms with Crippen molar-refractivity contribution in [3.05, 3.63) is 35.4 Å². The van der Waals surface area contributed by atoms with E-state index in [0.717, 1.165) is 5.56 Å². The molecule has 0 aliphatic carbocycles. The standard InChI is InChI=1S/C12H17NO3S/c1-4-17(15,16)13-12(14)11-8-6-5-7-10(11)9(2)3/h5-9H,4H2,1-3H3,(H,13,14). The molecule has 0 aromatic heterocycles. The average molecular weight is 255 g/mol. The quantitative estimate of drug-likeness (QED) is 0.893. The highest BCUT2D eigenvalue weighted by Gasteiger charge is 2.17. The topological polar surface area (TPSA) is 63.2 Å². The summed E-state index contributed by atoms with van der Waals surface area (Å²) >= 11 is 0. The number of carbonyl (C=O) groups excluding carboxylic acids is 1. The third kappa shape index (κ3) is 3.56. The summed E-state index contributed by atoms with van der Waals surface area (Å²) in [5.41, 5.74) is 1.26. The largest absolute Gasteiger partial charge is 0.268 e. The van der Waals surface area contributed by atoms with Gasteiger partial charge in [0.25, 0.3) is 5.91 Å². The van der Waals surface area contributed by atoms with E-state index in [1.165, 1.54) is 6.92 Å². The van der Waals surface area contributed by atoms with Crippen LogP contribution in [-0.2, 0) is 10.0 Å². The van der Waals surface area contributed by atoms with Crippen molar-refractivity contribution < 1.29 is 13.2 Å². The molecule has 0 fully saturated rings. The zero-order chi connectivity index (χ0) is 13.1. The molecule has 94 valence electrons. The number of rotatable bonds is 4.